The van der Waals surface area contributed by atoms with E-state index in [1.165, 1.54) is 0 Å². The van der Waals surface area contributed by atoms with Gasteiger partial charge in [0.25, 0.3) is 0 Å². The Bertz CT molecular complexity index is 481. The minimum atomic E-state index is -0.0390. The van der Waals surface area contributed by atoms with Crippen LogP contribution in [-0.4, -0.2) is 43.8 Å². The Morgan fingerprint density at radius 2 is 2.24 bits per heavy atom. The van der Waals surface area contributed by atoms with Crippen LogP contribution in [0, 0.1) is 0 Å². The van der Waals surface area contributed by atoms with Gasteiger partial charge in [-0.2, -0.15) is 0 Å². The summed E-state index contributed by atoms with van der Waals surface area (Å²) >= 11 is 9.82. The van der Waals surface area contributed by atoms with Gasteiger partial charge in [-0.3, -0.25) is 4.90 Å². The van der Waals surface area contributed by atoms with Crippen molar-refractivity contribution in [3.05, 3.63) is 33.3 Å². The van der Waals surface area contributed by atoms with E-state index in [9.17, 15) is 0 Å². The summed E-state index contributed by atoms with van der Waals surface area (Å²) in [6, 6.07) is 6.37. The zero-order valence-corrected chi connectivity index (χ0v) is 15.3. The molecule has 1 unspecified atom stereocenters. The Hall–Kier alpha value is -0.130. The van der Waals surface area contributed by atoms with Crippen molar-refractivity contribution in [1.82, 2.24) is 10.2 Å². The molecule has 1 saturated heterocycles. The van der Waals surface area contributed by atoms with Crippen molar-refractivity contribution >= 4 is 27.5 Å². The molecule has 0 aliphatic carbocycles. The van der Waals surface area contributed by atoms with E-state index in [1.807, 2.05) is 19.2 Å². The highest BCUT2D eigenvalue weighted by Gasteiger charge is 2.27. The lowest BCUT2D eigenvalue weighted by Gasteiger charge is -2.38. The van der Waals surface area contributed by atoms with Gasteiger partial charge >= 0.3 is 0 Å². The van der Waals surface area contributed by atoms with Crippen LogP contribution in [0.4, 0.5) is 0 Å². The van der Waals surface area contributed by atoms with E-state index in [1.54, 1.807) is 0 Å². The zero-order valence-electron chi connectivity index (χ0n) is 13.0. The van der Waals surface area contributed by atoms with Crippen LogP contribution in [0.2, 0.25) is 5.02 Å². The maximum Gasteiger partial charge on any atom is 0.0753 e. The van der Waals surface area contributed by atoms with Crippen LogP contribution < -0.4 is 5.32 Å². The molecule has 5 heteroatoms. The molecule has 3 nitrogen and oxygen atoms in total. The average Bonchev–Trinajstić information content (AvgIpc) is 2.40. The van der Waals surface area contributed by atoms with Crippen molar-refractivity contribution in [3.8, 4) is 0 Å². The first-order valence-electron chi connectivity index (χ1n) is 7.40. The monoisotopic (exact) mass is 374 g/mol. The number of nitrogens with one attached hydrogen (secondary N) is 1. The number of halogens is 2. The third kappa shape index (κ3) is 4.93. The van der Waals surface area contributed by atoms with Gasteiger partial charge in [0.2, 0.25) is 0 Å². The summed E-state index contributed by atoms with van der Waals surface area (Å²) in [6.45, 7) is 8.16. The fourth-order valence-electron chi connectivity index (χ4n) is 2.86. The summed E-state index contributed by atoms with van der Waals surface area (Å²) in [4.78, 5) is 2.47. The number of rotatable bonds is 5. The standard InChI is InChI=1S/C16H24BrClN2O/c1-16(2)11-20(8-9-21-16)7-6-15(19-3)13-5-4-12(17)10-14(13)18/h4-5,10,15,19H,6-9,11H2,1-3H3. The summed E-state index contributed by atoms with van der Waals surface area (Å²) in [6.07, 6.45) is 1.04. The molecule has 21 heavy (non-hydrogen) atoms. The van der Waals surface area contributed by atoms with Gasteiger partial charge in [0, 0.05) is 35.2 Å². The Labute approximate surface area is 141 Å². The van der Waals surface area contributed by atoms with Crippen molar-refractivity contribution in [3.63, 3.8) is 0 Å². The predicted octanol–water partition coefficient (Wildman–Crippen LogP) is 3.86. The number of nitrogens with zero attached hydrogens (tertiary/aromatic N) is 1. The molecular formula is C16H24BrClN2O. The second-order valence-corrected chi connectivity index (χ2v) is 7.50. The van der Waals surface area contributed by atoms with Crippen molar-refractivity contribution in [2.24, 2.45) is 0 Å². The molecule has 118 valence electrons. The van der Waals surface area contributed by atoms with Gasteiger partial charge in [0.15, 0.2) is 0 Å². The molecule has 0 saturated carbocycles. The van der Waals surface area contributed by atoms with E-state index in [2.05, 4.69) is 46.1 Å². The maximum absolute atomic E-state index is 6.37. The fourth-order valence-corrected chi connectivity index (χ4v) is 3.66. The number of hydrogen-bond donors (Lipinski definition) is 1. The van der Waals surface area contributed by atoms with E-state index in [0.717, 1.165) is 47.7 Å². The fraction of sp³-hybridized carbons (Fsp3) is 0.625. The molecule has 1 aliphatic heterocycles. The third-order valence-corrected chi connectivity index (χ3v) is 4.75. The molecular weight excluding hydrogens is 352 g/mol. The molecule has 1 heterocycles. The van der Waals surface area contributed by atoms with Crippen molar-refractivity contribution < 1.29 is 4.74 Å². The van der Waals surface area contributed by atoms with E-state index in [4.69, 9.17) is 16.3 Å². The first-order chi connectivity index (χ1) is 9.91. The number of morpholine rings is 1. The van der Waals surface area contributed by atoms with Gasteiger partial charge < -0.3 is 10.1 Å². The summed E-state index contributed by atoms with van der Waals surface area (Å²) in [7, 11) is 1.99. The van der Waals surface area contributed by atoms with Crippen LogP contribution in [0.1, 0.15) is 31.9 Å². The van der Waals surface area contributed by atoms with Crippen LogP contribution in [0.15, 0.2) is 22.7 Å². The topological polar surface area (TPSA) is 24.5 Å². The lowest BCUT2D eigenvalue weighted by Crippen LogP contribution is -2.48. The highest BCUT2D eigenvalue weighted by atomic mass is 79.9. The molecule has 2 rings (SSSR count). The van der Waals surface area contributed by atoms with E-state index in [0.29, 0.717) is 0 Å². The van der Waals surface area contributed by atoms with Gasteiger partial charge in [0.05, 0.1) is 12.2 Å². The molecule has 1 aromatic rings. The Morgan fingerprint density at radius 3 is 2.86 bits per heavy atom. The van der Waals surface area contributed by atoms with Crippen LogP contribution in [-0.2, 0) is 4.74 Å². The molecule has 1 aliphatic rings. The van der Waals surface area contributed by atoms with Crippen LogP contribution in [0.3, 0.4) is 0 Å². The highest BCUT2D eigenvalue weighted by Crippen LogP contribution is 2.28. The summed E-state index contributed by atoms with van der Waals surface area (Å²) in [5, 5.41) is 4.19. The highest BCUT2D eigenvalue weighted by molar-refractivity contribution is 9.10. The molecule has 0 amide bonds. The molecule has 1 N–H and O–H groups in total. The Morgan fingerprint density at radius 1 is 1.48 bits per heavy atom. The van der Waals surface area contributed by atoms with Gasteiger partial charge in [-0.25, -0.2) is 0 Å². The SMILES string of the molecule is CNC(CCN1CCOC(C)(C)C1)c1ccc(Br)cc1Cl. The minimum Gasteiger partial charge on any atom is -0.373 e. The van der Waals surface area contributed by atoms with Crippen molar-refractivity contribution in [2.75, 3.05) is 33.3 Å². The third-order valence-electron chi connectivity index (χ3n) is 3.93. The van der Waals surface area contributed by atoms with Crippen LogP contribution >= 0.6 is 27.5 Å². The lowest BCUT2D eigenvalue weighted by molar-refractivity contribution is -0.0864. The largest absolute Gasteiger partial charge is 0.373 e. The van der Waals surface area contributed by atoms with Crippen molar-refractivity contribution in [1.29, 1.82) is 0 Å². The Kier molecular flexibility index (Phi) is 6.09. The molecule has 0 radical (unpaired) electrons. The van der Waals surface area contributed by atoms with Crippen LogP contribution in [0.5, 0.6) is 0 Å². The molecule has 1 fully saturated rings. The van der Waals surface area contributed by atoms with E-state index in [-0.39, 0.29) is 11.6 Å². The number of benzene rings is 1. The van der Waals surface area contributed by atoms with E-state index < -0.39 is 0 Å². The summed E-state index contributed by atoms with van der Waals surface area (Å²) in [5.41, 5.74) is 1.12. The summed E-state index contributed by atoms with van der Waals surface area (Å²) in [5.74, 6) is 0. The zero-order chi connectivity index (χ0) is 15.5. The average molecular weight is 376 g/mol. The quantitative estimate of drug-likeness (QED) is 0.845. The first kappa shape index (κ1) is 17.2. The van der Waals surface area contributed by atoms with Crippen LogP contribution in [0.25, 0.3) is 0 Å². The predicted molar refractivity (Wildman–Crippen MR) is 92.0 cm³/mol. The maximum atomic E-state index is 6.37. The lowest BCUT2D eigenvalue weighted by atomic mass is 10.0. The smallest absolute Gasteiger partial charge is 0.0753 e. The Balaban J connectivity index is 1.96. The summed E-state index contributed by atoms with van der Waals surface area (Å²) < 4.78 is 6.78. The molecule has 1 aromatic carbocycles. The molecule has 0 spiro atoms. The van der Waals surface area contributed by atoms with Gasteiger partial charge in [-0.05, 0) is 45.0 Å². The normalized spacial score (nSPS) is 20.4. The second-order valence-electron chi connectivity index (χ2n) is 6.18. The number of hydrogen-bond acceptors (Lipinski definition) is 3. The van der Waals surface area contributed by atoms with Gasteiger partial charge in [0.1, 0.15) is 0 Å². The van der Waals surface area contributed by atoms with E-state index >= 15 is 0 Å². The van der Waals surface area contributed by atoms with Gasteiger partial charge in [-0.1, -0.05) is 33.6 Å². The molecule has 0 aromatic heterocycles. The minimum absolute atomic E-state index is 0.0390. The molecule has 0 bridgehead atoms. The number of ether oxygens (including phenoxy) is 1. The molecule has 1 atom stereocenters. The first-order valence-corrected chi connectivity index (χ1v) is 8.57. The van der Waals surface area contributed by atoms with Crippen molar-refractivity contribution in [2.45, 2.75) is 31.9 Å². The second kappa shape index (κ2) is 7.42. The van der Waals surface area contributed by atoms with Gasteiger partial charge in [-0.15, -0.1) is 0 Å².